The largest absolute Gasteiger partial charge is 0.285 e. The van der Waals surface area contributed by atoms with Crippen LogP contribution in [0.3, 0.4) is 0 Å². The highest BCUT2D eigenvalue weighted by molar-refractivity contribution is 7.86. The van der Waals surface area contributed by atoms with Crippen LogP contribution in [0.5, 0.6) is 0 Å². The van der Waals surface area contributed by atoms with Crippen LogP contribution in [-0.2, 0) is 10.1 Å². The van der Waals surface area contributed by atoms with Gasteiger partial charge in [0.05, 0.1) is 0 Å². The maximum absolute atomic E-state index is 12.4. The van der Waals surface area contributed by atoms with Crippen molar-refractivity contribution in [2.45, 2.75) is 88.7 Å². The molecule has 30 heavy (non-hydrogen) atoms. The number of hydrogen-bond acceptors (Lipinski definition) is 2. The third kappa shape index (κ3) is 8.61. The lowest BCUT2D eigenvalue weighted by Gasteiger charge is -2.26. The topological polar surface area (TPSA) is 54.4 Å². The summed E-state index contributed by atoms with van der Waals surface area (Å²) in [4.78, 5) is 0. The van der Waals surface area contributed by atoms with Crippen LogP contribution in [-0.4, -0.2) is 13.0 Å². The van der Waals surface area contributed by atoms with Crippen LogP contribution in [0.25, 0.3) is 0 Å². The molecule has 166 valence electrons. The minimum absolute atomic E-state index is 0.252. The molecule has 0 aliphatic rings. The second-order valence-corrected chi connectivity index (χ2v) is 9.87. The second kappa shape index (κ2) is 13.6. The first kappa shape index (κ1) is 24.6. The predicted molar refractivity (Wildman–Crippen MR) is 126 cm³/mol. The molecule has 0 heterocycles. The molecule has 4 heteroatoms. The van der Waals surface area contributed by atoms with Gasteiger partial charge in [-0.15, -0.1) is 0 Å². The van der Waals surface area contributed by atoms with Gasteiger partial charge < -0.3 is 0 Å². The third-order valence-electron chi connectivity index (χ3n) is 5.91. The minimum Gasteiger partial charge on any atom is -0.285 e. The van der Waals surface area contributed by atoms with E-state index in [1.165, 1.54) is 51.4 Å². The Hall–Kier alpha value is -1.65. The van der Waals surface area contributed by atoms with Crippen LogP contribution in [0.1, 0.15) is 99.8 Å². The van der Waals surface area contributed by atoms with E-state index in [1.807, 2.05) is 48.5 Å². The molecule has 0 saturated heterocycles. The summed E-state index contributed by atoms with van der Waals surface area (Å²) < 4.78 is 34.9. The van der Waals surface area contributed by atoms with E-state index in [4.69, 9.17) is 0 Å². The molecule has 0 bridgehead atoms. The summed E-state index contributed by atoms with van der Waals surface area (Å²) in [5.41, 5.74) is 1.63. The Morgan fingerprint density at radius 3 is 1.57 bits per heavy atom. The summed E-state index contributed by atoms with van der Waals surface area (Å²) in [6, 6.07) is 18.9. The molecule has 0 spiro atoms. The lowest BCUT2D eigenvalue weighted by molar-refractivity contribution is 0.441. The maximum Gasteiger partial charge on any atom is 0.272 e. The van der Waals surface area contributed by atoms with E-state index < -0.39 is 15.4 Å². The molecule has 2 atom stereocenters. The van der Waals surface area contributed by atoms with E-state index in [9.17, 15) is 13.0 Å². The zero-order valence-electron chi connectivity index (χ0n) is 18.4. The van der Waals surface area contributed by atoms with Gasteiger partial charge in [-0.25, -0.2) is 0 Å². The van der Waals surface area contributed by atoms with Gasteiger partial charge in [-0.2, -0.15) is 8.42 Å². The van der Waals surface area contributed by atoms with E-state index in [2.05, 4.69) is 6.92 Å². The van der Waals surface area contributed by atoms with Crippen molar-refractivity contribution in [2.24, 2.45) is 0 Å². The molecule has 0 aromatic heterocycles. The Morgan fingerprint density at radius 1 is 0.667 bits per heavy atom. The molecular formula is C26H38O3S. The Bertz CT molecular complexity index is 788. The van der Waals surface area contributed by atoms with Crippen molar-refractivity contribution in [1.82, 2.24) is 0 Å². The zero-order chi connectivity index (χ0) is 21.7. The quantitative estimate of drug-likeness (QED) is 0.232. The van der Waals surface area contributed by atoms with Crippen LogP contribution in [0.4, 0.5) is 0 Å². The maximum atomic E-state index is 12.4. The van der Waals surface area contributed by atoms with E-state index in [0.29, 0.717) is 5.56 Å². The van der Waals surface area contributed by atoms with Crippen LogP contribution in [0, 0.1) is 0 Å². The van der Waals surface area contributed by atoms with Crippen molar-refractivity contribution < 1.29 is 13.0 Å². The normalized spacial score (nSPS) is 13.8. The molecule has 0 saturated carbocycles. The number of hydrogen-bond donors (Lipinski definition) is 1. The van der Waals surface area contributed by atoms with Crippen LogP contribution in [0.2, 0.25) is 0 Å². The zero-order valence-corrected chi connectivity index (χ0v) is 19.2. The molecule has 0 aliphatic carbocycles. The average Bonchev–Trinajstić information content (AvgIpc) is 2.74. The SMILES string of the molecule is CCCCCCCCCCCCC(c1ccccc1)C(c1ccccc1)S(=O)(=O)O. The van der Waals surface area contributed by atoms with Gasteiger partial charge in [-0.05, 0) is 17.5 Å². The van der Waals surface area contributed by atoms with E-state index in [1.54, 1.807) is 12.1 Å². The van der Waals surface area contributed by atoms with Crippen molar-refractivity contribution in [3.8, 4) is 0 Å². The van der Waals surface area contributed by atoms with Crippen molar-refractivity contribution in [1.29, 1.82) is 0 Å². The van der Waals surface area contributed by atoms with Crippen molar-refractivity contribution >= 4 is 10.1 Å². The summed E-state index contributed by atoms with van der Waals surface area (Å²) in [6.07, 6.45) is 13.2. The van der Waals surface area contributed by atoms with E-state index in [-0.39, 0.29) is 5.92 Å². The molecule has 2 aromatic carbocycles. The summed E-state index contributed by atoms with van der Waals surface area (Å²) >= 11 is 0. The molecule has 2 unspecified atom stereocenters. The molecule has 1 N–H and O–H groups in total. The Kier molecular flexibility index (Phi) is 11.2. The highest BCUT2D eigenvalue weighted by Crippen LogP contribution is 2.40. The molecule has 0 amide bonds. The smallest absolute Gasteiger partial charge is 0.272 e. The van der Waals surface area contributed by atoms with Gasteiger partial charge >= 0.3 is 0 Å². The third-order valence-corrected chi connectivity index (χ3v) is 7.15. The predicted octanol–water partition coefficient (Wildman–Crippen LogP) is 7.71. The summed E-state index contributed by atoms with van der Waals surface area (Å²) in [5.74, 6) is -0.252. The van der Waals surface area contributed by atoms with Gasteiger partial charge in [0.25, 0.3) is 10.1 Å². The van der Waals surface area contributed by atoms with Gasteiger partial charge in [0.15, 0.2) is 0 Å². The highest BCUT2D eigenvalue weighted by Gasteiger charge is 2.34. The Balaban J connectivity index is 1.96. The number of benzene rings is 2. The standard InChI is InChI=1S/C26H38O3S/c1-2-3-4-5-6-7-8-9-10-17-22-25(23-18-13-11-14-19-23)26(30(27,28)29)24-20-15-12-16-21-24/h11-16,18-21,25-26H,2-10,17,22H2,1H3,(H,27,28,29). The first-order valence-corrected chi connectivity index (χ1v) is 13.1. The molecule has 3 nitrogen and oxygen atoms in total. The van der Waals surface area contributed by atoms with Crippen LogP contribution >= 0.6 is 0 Å². The van der Waals surface area contributed by atoms with Crippen LogP contribution < -0.4 is 0 Å². The first-order valence-electron chi connectivity index (χ1n) is 11.6. The minimum atomic E-state index is -4.23. The molecule has 0 radical (unpaired) electrons. The van der Waals surface area contributed by atoms with Crippen molar-refractivity contribution in [3.05, 3.63) is 71.8 Å². The summed E-state index contributed by atoms with van der Waals surface area (Å²) in [6.45, 7) is 2.24. The van der Waals surface area contributed by atoms with Gasteiger partial charge in [-0.1, -0.05) is 132 Å². The van der Waals surface area contributed by atoms with E-state index in [0.717, 1.165) is 24.8 Å². The monoisotopic (exact) mass is 430 g/mol. The lowest BCUT2D eigenvalue weighted by Crippen LogP contribution is -2.20. The van der Waals surface area contributed by atoms with Gasteiger partial charge in [0, 0.05) is 5.92 Å². The van der Waals surface area contributed by atoms with Crippen LogP contribution in [0.15, 0.2) is 60.7 Å². The molecular weight excluding hydrogens is 392 g/mol. The Labute approximate surface area is 183 Å². The molecule has 0 aliphatic heterocycles. The summed E-state index contributed by atoms with van der Waals surface area (Å²) in [5, 5.41) is -0.931. The fraction of sp³-hybridized carbons (Fsp3) is 0.538. The number of unbranched alkanes of at least 4 members (excludes halogenated alkanes) is 9. The Morgan fingerprint density at radius 2 is 1.10 bits per heavy atom. The molecule has 2 rings (SSSR count). The van der Waals surface area contributed by atoms with Gasteiger partial charge in [-0.3, -0.25) is 4.55 Å². The average molecular weight is 431 g/mol. The first-order chi connectivity index (χ1) is 14.5. The van der Waals surface area contributed by atoms with Gasteiger partial charge in [0.2, 0.25) is 0 Å². The summed E-state index contributed by atoms with van der Waals surface area (Å²) in [7, 11) is -4.23. The fourth-order valence-electron chi connectivity index (χ4n) is 4.30. The lowest BCUT2D eigenvalue weighted by atomic mass is 9.87. The molecule has 0 fully saturated rings. The van der Waals surface area contributed by atoms with Gasteiger partial charge in [0.1, 0.15) is 5.25 Å². The van der Waals surface area contributed by atoms with Crippen molar-refractivity contribution in [2.75, 3.05) is 0 Å². The van der Waals surface area contributed by atoms with Crippen molar-refractivity contribution in [3.63, 3.8) is 0 Å². The molecule has 2 aromatic rings. The fourth-order valence-corrected chi connectivity index (χ4v) is 5.51. The highest BCUT2D eigenvalue weighted by atomic mass is 32.2. The number of rotatable bonds is 15. The second-order valence-electron chi connectivity index (χ2n) is 8.33. The van der Waals surface area contributed by atoms with E-state index >= 15 is 0 Å².